The van der Waals surface area contributed by atoms with Gasteiger partial charge in [0.25, 0.3) is 0 Å². The van der Waals surface area contributed by atoms with Gasteiger partial charge in [-0.15, -0.1) is 0 Å². The fourth-order valence-corrected chi connectivity index (χ4v) is 2.71. The van der Waals surface area contributed by atoms with Gasteiger partial charge in [0.1, 0.15) is 11.9 Å². The summed E-state index contributed by atoms with van der Waals surface area (Å²) in [6, 6.07) is 17.0. The molecule has 0 fully saturated rings. The normalized spacial score (nSPS) is 17.6. The second-order valence-electron chi connectivity index (χ2n) is 4.29. The second kappa shape index (κ2) is 4.69. The van der Waals surface area contributed by atoms with E-state index in [1.807, 2.05) is 6.07 Å². The van der Waals surface area contributed by atoms with Crippen molar-refractivity contribution >= 4 is 22.6 Å². The monoisotopic (exact) mass is 336 g/mol. The average Bonchev–Trinajstić information content (AvgIpc) is 2.81. The average molecular weight is 336 g/mol. The van der Waals surface area contributed by atoms with Crippen LogP contribution >= 0.6 is 22.6 Å². The van der Waals surface area contributed by atoms with Gasteiger partial charge < -0.3 is 4.74 Å². The van der Waals surface area contributed by atoms with E-state index in [-0.39, 0.29) is 0 Å². The van der Waals surface area contributed by atoms with Crippen LogP contribution in [-0.4, -0.2) is 10.5 Å². The molecular formula is C15H13IO. The molecule has 2 aromatic carbocycles. The van der Waals surface area contributed by atoms with Crippen LogP contribution < -0.4 is 4.74 Å². The van der Waals surface area contributed by atoms with E-state index in [0.717, 1.165) is 16.6 Å². The van der Waals surface area contributed by atoms with Crippen LogP contribution in [-0.2, 0) is 6.42 Å². The van der Waals surface area contributed by atoms with Gasteiger partial charge in [0.15, 0.2) is 0 Å². The summed E-state index contributed by atoms with van der Waals surface area (Å²) in [5.41, 5.74) is 3.89. The van der Waals surface area contributed by atoms with Gasteiger partial charge in [0.05, 0.1) is 0 Å². The van der Waals surface area contributed by atoms with E-state index < -0.39 is 0 Å². The molecule has 1 aliphatic heterocycles. The Labute approximate surface area is 115 Å². The third kappa shape index (κ3) is 2.18. The first kappa shape index (κ1) is 11.1. The first-order chi connectivity index (χ1) is 8.36. The van der Waals surface area contributed by atoms with Gasteiger partial charge in [-0.05, 0) is 28.8 Å². The largest absolute Gasteiger partial charge is 0.489 e. The fraction of sp³-hybridized carbons (Fsp3) is 0.200. The maximum atomic E-state index is 5.84. The summed E-state index contributed by atoms with van der Waals surface area (Å²) in [4.78, 5) is 0. The number of benzene rings is 2. The Hall–Kier alpha value is -1.03. The SMILES string of the molecule is ICC1Cc2cc(-c3ccccc3)ccc2O1. The summed E-state index contributed by atoms with van der Waals surface area (Å²) >= 11 is 2.38. The van der Waals surface area contributed by atoms with Crippen LogP contribution in [0.3, 0.4) is 0 Å². The summed E-state index contributed by atoms with van der Waals surface area (Å²) in [6.07, 6.45) is 1.40. The van der Waals surface area contributed by atoms with Crippen molar-refractivity contribution < 1.29 is 4.74 Å². The highest BCUT2D eigenvalue weighted by Gasteiger charge is 2.21. The molecule has 0 saturated heterocycles. The molecule has 0 amide bonds. The van der Waals surface area contributed by atoms with E-state index in [4.69, 9.17) is 4.74 Å². The summed E-state index contributed by atoms with van der Waals surface area (Å²) < 4.78 is 6.89. The van der Waals surface area contributed by atoms with Crippen molar-refractivity contribution in [3.63, 3.8) is 0 Å². The molecular weight excluding hydrogens is 323 g/mol. The number of fused-ring (bicyclic) bond motifs is 1. The summed E-state index contributed by atoms with van der Waals surface area (Å²) in [5.74, 6) is 1.06. The van der Waals surface area contributed by atoms with E-state index in [1.165, 1.54) is 16.7 Å². The minimum Gasteiger partial charge on any atom is -0.489 e. The van der Waals surface area contributed by atoms with Gasteiger partial charge in [-0.3, -0.25) is 0 Å². The molecule has 3 rings (SSSR count). The minimum absolute atomic E-state index is 0.358. The van der Waals surface area contributed by atoms with Crippen molar-refractivity contribution in [2.45, 2.75) is 12.5 Å². The van der Waals surface area contributed by atoms with Gasteiger partial charge in [-0.25, -0.2) is 0 Å². The lowest BCUT2D eigenvalue weighted by molar-refractivity contribution is 0.262. The number of hydrogen-bond donors (Lipinski definition) is 0. The Morgan fingerprint density at radius 1 is 1.06 bits per heavy atom. The zero-order valence-electron chi connectivity index (χ0n) is 9.40. The summed E-state index contributed by atoms with van der Waals surface area (Å²) in [6.45, 7) is 0. The van der Waals surface area contributed by atoms with E-state index in [1.54, 1.807) is 0 Å². The van der Waals surface area contributed by atoms with Crippen molar-refractivity contribution in [2.75, 3.05) is 4.43 Å². The van der Waals surface area contributed by atoms with Crippen molar-refractivity contribution in [1.29, 1.82) is 0 Å². The lowest BCUT2D eigenvalue weighted by Crippen LogP contribution is -2.13. The van der Waals surface area contributed by atoms with Gasteiger partial charge in [0.2, 0.25) is 0 Å². The van der Waals surface area contributed by atoms with Crippen molar-refractivity contribution in [3.8, 4) is 16.9 Å². The molecule has 2 aromatic rings. The van der Waals surface area contributed by atoms with Crippen LogP contribution in [0.4, 0.5) is 0 Å². The van der Waals surface area contributed by atoms with Crippen LogP contribution in [0.25, 0.3) is 11.1 Å². The standard InChI is InChI=1S/C15H13IO/c16-10-14-9-13-8-12(6-7-15(13)17-14)11-4-2-1-3-5-11/h1-8,14H,9-10H2. The zero-order chi connectivity index (χ0) is 11.7. The number of ether oxygens (including phenoxy) is 1. The molecule has 0 bridgehead atoms. The first-order valence-electron chi connectivity index (χ1n) is 5.78. The van der Waals surface area contributed by atoms with Crippen molar-refractivity contribution in [3.05, 3.63) is 54.1 Å². The van der Waals surface area contributed by atoms with Crippen LogP contribution in [0.5, 0.6) is 5.75 Å². The molecule has 1 heterocycles. The van der Waals surface area contributed by atoms with Crippen LogP contribution in [0.1, 0.15) is 5.56 Å². The molecule has 2 heteroatoms. The molecule has 1 atom stereocenters. The molecule has 0 spiro atoms. The molecule has 17 heavy (non-hydrogen) atoms. The maximum absolute atomic E-state index is 5.84. The number of alkyl halides is 1. The third-order valence-electron chi connectivity index (χ3n) is 3.08. The van der Waals surface area contributed by atoms with Crippen molar-refractivity contribution in [1.82, 2.24) is 0 Å². The molecule has 0 aromatic heterocycles. The summed E-state index contributed by atoms with van der Waals surface area (Å²) in [5, 5.41) is 0. The minimum atomic E-state index is 0.358. The van der Waals surface area contributed by atoms with Crippen LogP contribution in [0.15, 0.2) is 48.5 Å². The van der Waals surface area contributed by atoms with E-state index in [9.17, 15) is 0 Å². The maximum Gasteiger partial charge on any atom is 0.123 e. The summed E-state index contributed by atoms with van der Waals surface area (Å²) in [7, 11) is 0. The Kier molecular flexibility index (Phi) is 3.05. The van der Waals surface area contributed by atoms with Gasteiger partial charge in [-0.2, -0.15) is 0 Å². The highest BCUT2D eigenvalue weighted by Crippen LogP contribution is 2.33. The number of hydrogen-bond acceptors (Lipinski definition) is 1. The predicted octanol–water partition coefficient (Wildman–Crippen LogP) is 4.09. The molecule has 1 unspecified atom stereocenters. The van der Waals surface area contributed by atoms with E-state index in [2.05, 4.69) is 65.1 Å². The molecule has 0 aliphatic carbocycles. The highest BCUT2D eigenvalue weighted by atomic mass is 127. The topological polar surface area (TPSA) is 9.23 Å². The predicted molar refractivity (Wildman–Crippen MR) is 78.9 cm³/mol. The smallest absolute Gasteiger partial charge is 0.123 e. The number of rotatable bonds is 2. The Morgan fingerprint density at radius 2 is 1.88 bits per heavy atom. The van der Waals surface area contributed by atoms with E-state index >= 15 is 0 Å². The van der Waals surface area contributed by atoms with Crippen LogP contribution in [0, 0.1) is 0 Å². The quantitative estimate of drug-likeness (QED) is 0.593. The third-order valence-corrected chi connectivity index (χ3v) is 4.06. The molecule has 86 valence electrons. The Morgan fingerprint density at radius 3 is 2.65 bits per heavy atom. The molecule has 0 N–H and O–H groups in total. The molecule has 0 saturated carbocycles. The van der Waals surface area contributed by atoms with Crippen molar-refractivity contribution in [2.24, 2.45) is 0 Å². The molecule has 1 nitrogen and oxygen atoms in total. The Balaban J connectivity index is 1.96. The van der Waals surface area contributed by atoms with Gasteiger partial charge >= 0.3 is 0 Å². The Bertz CT molecular complexity index is 522. The fourth-order valence-electron chi connectivity index (χ4n) is 2.22. The second-order valence-corrected chi connectivity index (χ2v) is 5.17. The first-order valence-corrected chi connectivity index (χ1v) is 7.30. The lowest BCUT2D eigenvalue weighted by Gasteiger charge is -2.05. The molecule has 0 radical (unpaired) electrons. The highest BCUT2D eigenvalue weighted by molar-refractivity contribution is 14.1. The zero-order valence-corrected chi connectivity index (χ0v) is 11.6. The lowest BCUT2D eigenvalue weighted by atomic mass is 10.0. The van der Waals surface area contributed by atoms with Crippen LogP contribution in [0.2, 0.25) is 0 Å². The van der Waals surface area contributed by atoms with E-state index in [0.29, 0.717) is 6.10 Å². The van der Waals surface area contributed by atoms with Gasteiger partial charge in [0, 0.05) is 10.8 Å². The molecule has 1 aliphatic rings. The van der Waals surface area contributed by atoms with Gasteiger partial charge in [-0.1, -0.05) is 59.0 Å². The number of halogens is 1.